The molecule has 3 aromatic rings. The van der Waals surface area contributed by atoms with E-state index in [1.54, 1.807) is 20.3 Å². The smallest absolute Gasteiger partial charge is 0.253 e. The van der Waals surface area contributed by atoms with Gasteiger partial charge in [-0.1, -0.05) is 53.6 Å². The molecule has 0 bridgehead atoms. The summed E-state index contributed by atoms with van der Waals surface area (Å²) in [6.45, 7) is 9.58. The van der Waals surface area contributed by atoms with E-state index in [2.05, 4.69) is 20.8 Å². The Kier molecular flexibility index (Phi) is 10.9. The summed E-state index contributed by atoms with van der Waals surface area (Å²) in [6, 6.07) is 19.4. The Morgan fingerprint density at radius 3 is 1.98 bits per heavy atom. The number of hydrogen-bond acceptors (Lipinski definition) is 6. The van der Waals surface area contributed by atoms with E-state index in [0.29, 0.717) is 10.0 Å². The van der Waals surface area contributed by atoms with E-state index in [4.69, 9.17) is 32.7 Å². The topological polar surface area (TPSA) is 48.5 Å². The number of piperazine rings is 2. The monoisotopic (exact) mass is 622 g/mol. The van der Waals surface area contributed by atoms with Crippen molar-refractivity contribution in [2.24, 2.45) is 0 Å². The lowest BCUT2D eigenvalue weighted by atomic mass is 10.1. The predicted octanol–water partition coefficient (Wildman–Crippen LogP) is 6.15. The van der Waals surface area contributed by atoms with Gasteiger partial charge in [0.1, 0.15) is 11.5 Å². The van der Waals surface area contributed by atoms with E-state index in [9.17, 15) is 4.79 Å². The number of methoxy groups -OCH3 is 2. The van der Waals surface area contributed by atoms with Crippen molar-refractivity contribution in [2.45, 2.75) is 6.42 Å². The zero-order valence-corrected chi connectivity index (χ0v) is 26.5. The fraction of sp³-hybridized carbons (Fsp3) is 0.382. The second-order valence-electron chi connectivity index (χ2n) is 11.0. The standard InChI is InChI=1S/C34H40Cl2N4O3/c1-42-29-11-13-32(33(25-29)43-2)39-20-16-37(17-21-39)14-3-15-38-18-22-40(23-19-38)34(41)28-9-6-26(7-10-28)4-5-27-8-12-30(35)31(36)24-27/h4-13,24-25H,3,14-23H2,1-2H3/b5-4+. The average molecular weight is 624 g/mol. The van der Waals surface area contributed by atoms with Crippen LogP contribution in [0, 0.1) is 0 Å². The van der Waals surface area contributed by atoms with Crippen molar-refractivity contribution in [3.8, 4) is 11.5 Å². The van der Waals surface area contributed by atoms with Crippen LogP contribution in [-0.2, 0) is 0 Å². The molecule has 0 unspecified atom stereocenters. The highest BCUT2D eigenvalue weighted by Gasteiger charge is 2.23. The van der Waals surface area contributed by atoms with E-state index in [0.717, 1.165) is 106 Å². The largest absolute Gasteiger partial charge is 0.497 e. The summed E-state index contributed by atoms with van der Waals surface area (Å²) < 4.78 is 10.9. The van der Waals surface area contributed by atoms with Gasteiger partial charge in [0, 0.05) is 64.0 Å². The zero-order chi connectivity index (χ0) is 30.2. The van der Waals surface area contributed by atoms with Crippen molar-refractivity contribution >= 4 is 46.9 Å². The second-order valence-corrected chi connectivity index (χ2v) is 11.8. The van der Waals surface area contributed by atoms with Crippen molar-refractivity contribution in [2.75, 3.05) is 84.6 Å². The van der Waals surface area contributed by atoms with Crippen LogP contribution < -0.4 is 14.4 Å². The minimum absolute atomic E-state index is 0.103. The molecule has 0 radical (unpaired) electrons. The molecule has 1 amide bonds. The third-order valence-corrected chi connectivity index (χ3v) is 9.02. The van der Waals surface area contributed by atoms with Gasteiger partial charge in [-0.15, -0.1) is 0 Å². The molecule has 2 heterocycles. The van der Waals surface area contributed by atoms with Gasteiger partial charge >= 0.3 is 0 Å². The number of halogens is 2. The molecule has 2 saturated heterocycles. The Morgan fingerprint density at radius 2 is 1.35 bits per heavy atom. The molecule has 2 aliphatic rings. The number of nitrogens with zero attached hydrogens (tertiary/aromatic N) is 4. The predicted molar refractivity (Wildman–Crippen MR) is 177 cm³/mol. The van der Waals surface area contributed by atoms with E-state index in [1.807, 2.05) is 65.6 Å². The van der Waals surface area contributed by atoms with Gasteiger partial charge in [-0.05, 0) is 67.0 Å². The maximum atomic E-state index is 13.1. The molecule has 2 aliphatic heterocycles. The lowest BCUT2D eigenvalue weighted by molar-refractivity contribution is 0.0631. The highest BCUT2D eigenvalue weighted by Crippen LogP contribution is 2.32. The minimum atomic E-state index is 0.103. The van der Waals surface area contributed by atoms with E-state index >= 15 is 0 Å². The first-order valence-electron chi connectivity index (χ1n) is 14.9. The Bertz CT molecular complexity index is 1400. The van der Waals surface area contributed by atoms with Crippen LogP contribution in [0.1, 0.15) is 27.9 Å². The fourth-order valence-electron chi connectivity index (χ4n) is 5.68. The highest BCUT2D eigenvalue weighted by molar-refractivity contribution is 6.42. The molecule has 3 aromatic carbocycles. The molecule has 0 atom stereocenters. The number of benzene rings is 3. The summed E-state index contributed by atoms with van der Waals surface area (Å²) >= 11 is 12.1. The molecular weight excluding hydrogens is 583 g/mol. The third kappa shape index (κ3) is 8.24. The van der Waals surface area contributed by atoms with Crippen molar-refractivity contribution in [1.29, 1.82) is 0 Å². The number of carbonyl (C=O) groups is 1. The quantitative estimate of drug-likeness (QED) is 0.253. The van der Waals surface area contributed by atoms with Crippen LogP contribution in [0.15, 0.2) is 60.7 Å². The van der Waals surface area contributed by atoms with Crippen LogP contribution in [0.25, 0.3) is 12.2 Å². The SMILES string of the molecule is COc1ccc(N2CCN(CCCN3CCN(C(=O)c4ccc(/C=C/c5ccc(Cl)c(Cl)c5)cc4)CC3)CC2)c(OC)c1. The van der Waals surface area contributed by atoms with E-state index in [1.165, 1.54) is 0 Å². The zero-order valence-electron chi connectivity index (χ0n) is 25.0. The number of amides is 1. The first kappa shape index (κ1) is 31.2. The van der Waals surface area contributed by atoms with Gasteiger partial charge in [0.25, 0.3) is 5.91 Å². The van der Waals surface area contributed by atoms with Gasteiger partial charge in [0.15, 0.2) is 0 Å². The Hall–Kier alpha value is -3.23. The Balaban J connectivity index is 1.01. The van der Waals surface area contributed by atoms with Crippen molar-refractivity contribution in [1.82, 2.24) is 14.7 Å². The van der Waals surface area contributed by atoms with Crippen LogP contribution in [0.3, 0.4) is 0 Å². The van der Waals surface area contributed by atoms with Crippen molar-refractivity contribution in [3.05, 3.63) is 87.4 Å². The van der Waals surface area contributed by atoms with Crippen molar-refractivity contribution in [3.63, 3.8) is 0 Å². The van der Waals surface area contributed by atoms with Crippen molar-refractivity contribution < 1.29 is 14.3 Å². The van der Waals surface area contributed by atoms with Gasteiger partial charge in [-0.2, -0.15) is 0 Å². The molecule has 0 aliphatic carbocycles. The molecule has 0 aromatic heterocycles. The molecule has 43 heavy (non-hydrogen) atoms. The molecule has 228 valence electrons. The molecule has 7 nitrogen and oxygen atoms in total. The lowest BCUT2D eigenvalue weighted by Gasteiger charge is -2.38. The number of hydrogen-bond donors (Lipinski definition) is 0. The second kappa shape index (κ2) is 15.0. The van der Waals surface area contributed by atoms with Gasteiger partial charge in [0.05, 0.1) is 30.0 Å². The molecule has 0 saturated carbocycles. The molecule has 5 rings (SSSR count). The summed E-state index contributed by atoms with van der Waals surface area (Å²) in [5.41, 5.74) is 3.85. The number of anilines is 1. The van der Waals surface area contributed by atoms with Crippen LogP contribution in [0.4, 0.5) is 5.69 Å². The number of rotatable bonds is 10. The maximum absolute atomic E-state index is 13.1. The van der Waals surface area contributed by atoms with E-state index in [-0.39, 0.29) is 5.91 Å². The normalized spacial score (nSPS) is 16.6. The summed E-state index contributed by atoms with van der Waals surface area (Å²) in [5.74, 6) is 1.77. The molecule has 9 heteroatoms. The summed E-state index contributed by atoms with van der Waals surface area (Å²) in [6.07, 6.45) is 5.12. The average Bonchev–Trinajstić information content (AvgIpc) is 3.05. The fourth-order valence-corrected chi connectivity index (χ4v) is 5.99. The summed E-state index contributed by atoms with van der Waals surface area (Å²) in [7, 11) is 3.39. The molecule has 0 N–H and O–H groups in total. The Morgan fingerprint density at radius 1 is 0.721 bits per heavy atom. The summed E-state index contributed by atoms with van der Waals surface area (Å²) in [5, 5.41) is 1.08. The van der Waals surface area contributed by atoms with Gasteiger partial charge in [-0.25, -0.2) is 0 Å². The molecule has 2 fully saturated rings. The minimum Gasteiger partial charge on any atom is -0.497 e. The van der Waals surface area contributed by atoms with Gasteiger partial charge < -0.3 is 19.3 Å². The summed E-state index contributed by atoms with van der Waals surface area (Å²) in [4.78, 5) is 22.5. The first-order chi connectivity index (χ1) is 20.9. The number of carbonyl (C=O) groups excluding carboxylic acids is 1. The van der Waals surface area contributed by atoms with Gasteiger partial charge in [-0.3, -0.25) is 14.6 Å². The van der Waals surface area contributed by atoms with E-state index < -0.39 is 0 Å². The van der Waals surface area contributed by atoms with Crippen LogP contribution in [-0.4, -0.2) is 100 Å². The maximum Gasteiger partial charge on any atom is 0.253 e. The molecular formula is C34H40Cl2N4O3. The lowest BCUT2D eigenvalue weighted by Crippen LogP contribution is -2.50. The number of ether oxygens (including phenoxy) is 2. The van der Waals surface area contributed by atoms with Crippen LogP contribution in [0.5, 0.6) is 11.5 Å². The van der Waals surface area contributed by atoms with Crippen LogP contribution >= 0.6 is 23.2 Å². The molecule has 0 spiro atoms. The van der Waals surface area contributed by atoms with Crippen LogP contribution in [0.2, 0.25) is 10.0 Å². The highest BCUT2D eigenvalue weighted by atomic mass is 35.5. The third-order valence-electron chi connectivity index (χ3n) is 8.28. The van der Waals surface area contributed by atoms with Gasteiger partial charge in [0.2, 0.25) is 0 Å². The Labute approximate surface area is 265 Å². The first-order valence-corrected chi connectivity index (χ1v) is 15.6.